The lowest BCUT2D eigenvalue weighted by molar-refractivity contribution is -0.146. The highest BCUT2D eigenvalue weighted by atomic mass is 16.4. The number of hydrogen-bond donors (Lipinski definition) is 2. The fourth-order valence-electron chi connectivity index (χ4n) is 3.61. The number of carbonyl (C=O) groups is 2. The fourth-order valence-corrected chi connectivity index (χ4v) is 3.61. The number of nitrogens with zero attached hydrogens (tertiary/aromatic N) is 1. The Morgan fingerprint density at radius 2 is 1.95 bits per heavy atom. The maximum absolute atomic E-state index is 12.3. The highest BCUT2D eigenvalue weighted by Gasteiger charge is 2.41. The van der Waals surface area contributed by atoms with E-state index in [1.165, 1.54) is 12.8 Å². The molecule has 4 atom stereocenters. The standard InChI is InChI=1S/C15H26N2O3/c1-10-7-12(13(8-10)15(19)20)14(18)16-9-11-5-3-4-6-17(11)2/h10-13H,3-9H2,1-2H3,(H,16,18)(H,19,20)/t10?,11?,12-,13+/m0/s1. The van der Waals surface area contributed by atoms with Gasteiger partial charge in [-0.15, -0.1) is 0 Å². The second kappa shape index (κ2) is 6.57. The maximum Gasteiger partial charge on any atom is 0.307 e. The van der Waals surface area contributed by atoms with Crippen LogP contribution in [0.4, 0.5) is 0 Å². The number of likely N-dealkylation sites (N-methyl/N-ethyl adjacent to an activating group) is 1. The van der Waals surface area contributed by atoms with E-state index in [2.05, 4.69) is 17.3 Å². The number of aliphatic carboxylic acids is 1. The van der Waals surface area contributed by atoms with E-state index in [0.29, 0.717) is 31.3 Å². The van der Waals surface area contributed by atoms with E-state index < -0.39 is 11.9 Å². The summed E-state index contributed by atoms with van der Waals surface area (Å²) >= 11 is 0. The third kappa shape index (κ3) is 3.51. The van der Waals surface area contributed by atoms with E-state index in [1.54, 1.807) is 0 Å². The highest BCUT2D eigenvalue weighted by molar-refractivity contribution is 5.85. The molecular weight excluding hydrogens is 256 g/mol. The quantitative estimate of drug-likeness (QED) is 0.816. The third-order valence-electron chi connectivity index (χ3n) is 4.89. The summed E-state index contributed by atoms with van der Waals surface area (Å²) in [6.07, 6.45) is 4.87. The second-order valence-electron chi connectivity index (χ2n) is 6.50. The van der Waals surface area contributed by atoms with Crippen molar-refractivity contribution in [2.45, 2.75) is 45.1 Å². The Hall–Kier alpha value is -1.10. The first-order valence-corrected chi connectivity index (χ1v) is 7.69. The van der Waals surface area contributed by atoms with Gasteiger partial charge in [0.25, 0.3) is 0 Å². The van der Waals surface area contributed by atoms with Crippen molar-refractivity contribution in [2.24, 2.45) is 17.8 Å². The zero-order chi connectivity index (χ0) is 14.7. The monoisotopic (exact) mass is 282 g/mol. The number of carboxylic acid groups (broad SMARTS) is 1. The predicted molar refractivity (Wildman–Crippen MR) is 76.3 cm³/mol. The van der Waals surface area contributed by atoms with Crippen LogP contribution in [0, 0.1) is 17.8 Å². The molecule has 2 unspecified atom stereocenters. The lowest BCUT2D eigenvalue weighted by Crippen LogP contribution is -2.46. The van der Waals surface area contributed by atoms with Crippen LogP contribution in [0.15, 0.2) is 0 Å². The average Bonchev–Trinajstić information content (AvgIpc) is 2.80. The average molecular weight is 282 g/mol. The molecule has 1 saturated heterocycles. The molecule has 1 amide bonds. The minimum atomic E-state index is -0.829. The van der Waals surface area contributed by atoms with Gasteiger partial charge in [-0.05, 0) is 45.2 Å². The van der Waals surface area contributed by atoms with Crippen molar-refractivity contribution in [1.29, 1.82) is 0 Å². The molecule has 5 heteroatoms. The van der Waals surface area contributed by atoms with Gasteiger partial charge in [-0.3, -0.25) is 9.59 Å². The maximum atomic E-state index is 12.3. The van der Waals surface area contributed by atoms with Gasteiger partial charge in [-0.2, -0.15) is 0 Å². The van der Waals surface area contributed by atoms with Crippen LogP contribution in [0.5, 0.6) is 0 Å². The molecule has 0 aromatic carbocycles. The van der Waals surface area contributed by atoms with E-state index in [4.69, 9.17) is 0 Å². The van der Waals surface area contributed by atoms with Gasteiger partial charge in [0.15, 0.2) is 0 Å². The summed E-state index contributed by atoms with van der Waals surface area (Å²) in [4.78, 5) is 25.8. The molecule has 1 heterocycles. The number of hydrogen-bond acceptors (Lipinski definition) is 3. The first kappa shape index (κ1) is 15.3. The normalized spacial score (nSPS) is 34.9. The Morgan fingerprint density at radius 1 is 1.25 bits per heavy atom. The Kier molecular flexibility index (Phi) is 5.02. The number of carbonyl (C=O) groups excluding carboxylic acids is 1. The van der Waals surface area contributed by atoms with Gasteiger partial charge in [0.05, 0.1) is 11.8 Å². The number of piperidine rings is 1. The molecule has 2 aliphatic rings. The Morgan fingerprint density at radius 3 is 2.60 bits per heavy atom. The zero-order valence-electron chi connectivity index (χ0n) is 12.5. The van der Waals surface area contributed by atoms with Gasteiger partial charge < -0.3 is 15.3 Å². The summed E-state index contributed by atoms with van der Waals surface area (Å²) in [5.74, 6) is -1.43. The molecule has 5 nitrogen and oxygen atoms in total. The summed E-state index contributed by atoms with van der Waals surface area (Å²) in [5.41, 5.74) is 0. The Labute approximate surface area is 120 Å². The number of carboxylic acids is 1. The number of amides is 1. The van der Waals surface area contributed by atoms with Crippen molar-refractivity contribution in [3.8, 4) is 0 Å². The van der Waals surface area contributed by atoms with Crippen molar-refractivity contribution < 1.29 is 14.7 Å². The van der Waals surface area contributed by atoms with E-state index in [1.807, 2.05) is 6.92 Å². The molecule has 20 heavy (non-hydrogen) atoms. The van der Waals surface area contributed by atoms with Crippen LogP contribution < -0.4 is 5.32 Å². The summed E-state index contributed by atoms with van der Waals surface area (Å²) in [5, 5.41) is 12.2. The van der Waals surface area contributed by atoms with Gasteiger partial charge in [0, 0.05) is 12.6 Å². The third-order valence-corrected chi connectivity index (χ3v) is 4.89. The molecule has 0 aromatic heterocycles. The minimum Gasteiger partial charge on any atom is -0.481 e. The topological polar surface area (TPSA) is 69.6 Å². The van der Waals surface area contributed by atoms with Gasteiger partial charge >= 0.3 is 5.97 Å². The van der Waals surface area contributed by atoms with E-state index in [0.717, 1.165) is 13.0 Å². The van der Waals surface area contributed by atoms with Crippen LogP contribution in [0.3, 0.4) is 0 Å². The first-order chi connectivity index (χ1) is 9.49. The molecule has 0 radical (unpaired) electrons. The van der Waals surface area contributed by atoms with Crippen molar-refractivity contribution in [2.75, 3.05) is 20.1 Å². The molecule has 0 bridgehead atoms. The second-order valence-corrected chi connectivity index (χ2v) is 6.50. The Bertz CT molecular complexity index is 372. The molecule has 2 rings (SSSR count). The number of likely N-dealkylation sites (tertiary alicyclic amines) is 1. The SMILES string of the molecule is CC1C[C@H](C(=O)NCC2CCCCN2C)[C@H](C(=O)O)C1. The van der Waals surface area contributed by atoms with E-state index in [9.17, 15) is 14.7 Å². The smallest absolute Gasteiger partial charge is 0.307 e. The lowest BCUT2D eigenvalue weighted by Gasteiger charge is -2.32. The molecule has 1 saturated carbocycles. The van der Waals surface area contributed by atoms with E-state index >= 15 is 0 Å². The van der Waals surface area contributed by atoms with Crippen molar-refractivity contribution >= 4 is 11.9 Å². The van der Waals surface area contributed by atoms with Crippen LogP contribution >= 0.6 is 0 Å². The fraction of sp³-hybridized carbons (Fsp3) is 0.867. The number of rotatable bonds is 4. The van der Waals surface area contributed by atoms with Crippen LogP contribution in [0.1, 0.15) is 39.0 Å². The summed E-state index contributed by atoms with van der Waals surface area (Å²) in [6, 6.07) is 0.398. The van der Waals surface area contributed by atoms with Crippen LogP contribution in [-0.4, -0.2) is 48.1 Å². The molecule has 1 aliphatic heterocycles. The van der Waals surface area contributed by atoms with Crippen molar-refractivity contribution in [3.05, 3.63) is 0 Å². The molecule has 114 valence electrons. The number of nitrogens with one attached hydrogen (secondary N) is 1. The minimum absolute atomic E-state index is 0.0688. The zero-order valence-corrected chi connectivity index (χ0v) is 12.5. The van der Waals surface area contributed by atoms with Crippen LogP contribution in [-0.2, 0) is 9.59 Å². The molecule has 2 fully saturated rings. The predicted octanol–water partition coefficient (Wildman–Crippen LogP) is 1.33. The molecule has 2 N–H and O–H groups in total. The molecule has 1 aliphatic carbocycles. The first-order valence-electron chi connectivity index (χ1n) is 7.69. The van der Waals surface area contributed by atoms with Gasteiger partial charge in [-0.25, -0.2) is 0 Å². The Balaban J connectivity index is 1.86. The summed E-state index contributed by atoms with van der Waals surface area (Å²) < 4.78 is 0. The largest absolute Gasteiger partial charge is 0.481 e. The van der Waals surface area contributed by atoms with Gasteiger partial charge in [-0.1, -0.05) is 13.3 Å². The summed E-state index contributed by atoms with van der Waals surface area (Å²) in [6.45, 7) is 3.75. The van der Waals surface area contributed by atoms with E-state index in [-0.39, 0.29) is 11.8 Å². The van der Waals surface area contributed by atoms with Crippen LogP contribution in [0.25, 0.3) is 0 Å². The molecule has 0 aromatic rings. The van der Waals surface area contributed by atoms with Gasteiger partial charge in [0.2, 0.25) is 5.91 Å². The van der Waals surface area contributed by atoms with Crippen LogP contribution in [0.2, 0.25) is 0 Å². The highest BCUT2D eigenvalue weighted by Crippen LogP contribution is 2.36. The molecular formula is C15H26N2O3. The van der Waals surface area contributed by atoms with Gasteiger partial charge in [0.1, 0.15) is 0 Å². The lowest BCUT2D eigenvalue weighted by atomic mass is 9.95. The van der Waals surface area contributed by atoms with Crippen molar-refractivity contribution in [3.63, 3.8) is 0 Å². The molecule has 0 spiro atoms. The van der Waals surface area contributed by atoms with Crippen molar-refractivity contribution in [1.82, 2.24) is 10.2 Å². The summed E-state index contributed by atoms with van der Waals surface area (Å²) in [7, 11) is 2.09.